The normalized spacial score (nSPS) is 15.4. The van der Waals surface area contributed by atoms with Crippen LogP contribution < -0.4 is 5.73 Å². The Labute approximate surface area is 89.2 Å². The monoisotopic (exact) mass is 201 g/mol. The van der Waals surface area contributed by atoms with Gasteiger partial charge >= 0.3 is 0 Å². The Morgan fingerprint density at radius 2 is 1.71 bits per heavy atom. The van der Waals surface area contributed by atoms with Crippen molar-refractivity contribution >= 4 is 0 Å². The molecule has 0 aliphatic rings. The molecule has 0 spiro atoms. The van der Waals surface area contributed by atoms with Crippen molar-refractivity contribution in [2.75, 3.05) is 13.2 Å². The lowest BCUT2D eigenvalue weighted by Crippen LogP contribution is -2.37. The summed E-state index contributed by atoms with van der Waals surface area (Å²) in [5.41, 5.74) is 5.56. The van der Waals surface area contributed by atoms with Gasteiger partial charge in [0.1, 0.15) is 0 Å². The van der Waals surface area contributed by atoms with Crippen LogP contribution in [0.15, 0.2) is 0 Å². The van der Waals surface area contributed by atoms with Gasteiger partial charge in [-0.05, 0) is 19.8 Å². The van der Waals surface area contributed by atoms with Crippen LogP contribution in [-0.4, -0.2) is 18.8 Å². The molecule has 0 saturated heterocycles. The lowest BCUT2D eigenvalue weighted by Gasteiger charge is -2.26. The van der Waals surface area contributed by atoms with E-state index in [2.05, 4.69) is 20.8 Å². The zero-order valence-electron chi connectivity index (χ0n) is 10.1. The third-order valence-corrected chi connectivity index (χ3v) is 2.88. The number of hydrogen-bond acceptors (Lipinski definition) is 2. The second-order valence-corrected chi connectivity index (χ2v) is 4.27. The molecule has 2 heteroatoms. The highest BCUT2D eigenvalue weighted by Crippen LogP contribution is 2.14. The lowest BCUT2D eigenvalue weighted by atomic mass is 10.0. The van der Waals surface area contributed by atoms with Gasteiger partial charge in [0, 0.05) is 13.2 Å². The van der Waals surface area contributed by atoms with Crippen molar-refractivity contribution in [1.29, 1.82) is 0 Å². The Hall–Kier alpha value is -0.0800. The first kappa shape index (κ1) is 13.9. The lowest BCUT2D eigenvalue weighted by molar-refractivity contribution is -0.0289. The molecule has 0 saturated carbocycles. The average Bonchev–Trinajstić information content (AvgIpc) is 2.23. The van der Waals surface area contributed by atoms with Crippen molar-refractivity contribution in [3.05, 3.63) is 0 Å². The molecule has 0 aromatic rings. The molecule has 86 valence electrons. The van der Waals surface area contributed by atoms with Crippen LogP contribution in [0, 0.1) is 0 Å². The number of rotatable bonds is 9. The van der Waals surface area contributed by atoms with Crippen LogP contribution in [0.1, 0.15) is 59.3 Å². The fraction of sp³-hybridized carbons (Fsp3) is 1.00. The Morgan fingerprint density at radius 3 is 2.21 bits per heavy atom. The maximum absolute atomic E-state index is 5.78. The molecule has 2 N–H and O–H groups in total. The van der Waals surface area contributed by atoms with Crippen LogP contribution in [0.3, 0.4) is 0 Å². The zero-order valence-corrected chi connectivity index (χ0v) is 10.1. The molecule has 0 fully saturated rings. The van der Waals surface area contributed by atoms with Gasteiger partial charge in [-0.2, -0.15) is 0 Å². The van der Waals surface area contributed by atoms with Gasteiger partial charge in [0.25, 0.3) is 0 Å². The van der Waals surface area contributed by atoms with Crippen molar-refractivity contribution in [2.24, 2.45) is 5.73 Å². The molecule has 14 heavy (non-hydrogen) atoms. The predicted octanol–water partition coefficient (Wildman–Crippen LogP) is 3.10. The highest BCUT2D eigenvalue weighted by molar-refractivity contribution is 4.73. The summed E-state index contributed by atoms with van der Waals surface area (Å²) in [6.07, 6.45) is 7.45. The molecule has 0 rings (SSSR count). The molecule has 0 aromatic heterocycles. The summed E-state index contributed by atoms with van der Waals surface area (Å²) >= 11 is 0. The van der Waals surface area contributed by atoms with E-state index in [1.807, 2.05) is 0 Å². The summed E-state index contributed by atoms with van der Waals surface area (Å²) in [4.78, 5) is 0. The Balaban J connectivity index is 3.34. The largest absolute Gasteiger partial charge is 0.374 e. The minimum Gasteiger partial charge on any atom is -0.374 e. The van der Waals surface area contributed by atoms with Gasteiger partial charge in [0.15, 0.2) is 0 Å². The molecule has 0 amide bonds. The molecule has 0 bridgehead atoms. The topological polar surface area (TPSA) is 35.2 Å². The van der Waals surface area contributed by atoms with Crippen molar-refractivity contribution in [3.63, 3.8) is 0 Å². The fourth-order valence-corrected chi connectivity index (χ4v) is 1.33. The van der Waals surface area contributed by atoms with Gasteiger partial charge in [0.2, 0.25) is 0 Å². The third-order valence-electron chi connectivity index (χ3n) is 2.88. The Kier molecular flexibility index (Phi) is 8.20. The molecule has 0 radical (unpaired) electrons. The van der Waals surface area contributed by atoms with E-state index < -0.39 is 0 Å². The molecule has 1 unspecified atom stereocenters. The van der Waals surface area contributed by atoms with Crippen molar-refractivity contribution < 1.29 is 4.74 Å². The van der Waals surface area contributed by atoms with Gasteiger partial charge in [-0.3, -0.25) is 0 Å². The number of hydrogen-bond donors (Lipinski definition) is 1. The van der Waals surface area contributed by atoms with E-state index in [0.29, 0.717) is 6.54 Å². The van der Waals surface area contributed by atoms with Crippen LogP contribution in [0.25, 0.3) is 0 Å². The average molecular weight is 201 g/mol. The van der Waals surface area contributed by atoms with Crippen LogP contribution in [0.4, 0.5) is 0 Å². The van der Waals surface area contributed by atoms with Gasteiger partial charge in [0.05, 0.1) is 5.60 Å². The second kappa shape index (κ2) is 8.25. The molecule has 0 aromatic carbocycles. The molecule has 0 heterocycles. The zero-order chi connectivity index (χ0) is 10.9. The van der Waals surface area contributed by atoms with Crippen molar-refractivity contribution in [3.8, 4) is 0 Å². The predicted molar refractivity (Wildman–Crippen MR) is 62.5 cm³/mol. The van der Waals surface area contributed by atoms with E-state index in [4.69, 9.17) is 10.5 Å². The van der Waals surface area contributed by atoms with Crippen LogP contribution in [0.5, 0.6) is 0 Å². The summed E-state index contributed by atoms with van der Waals surface area (Å²) in [7, 11) is 0. The van der Waals surface area contributed by atoms with E-state index in [9.17, 15) is 0 Å². The first-order valence-electron chi connectivity index (χ1n) is 6.02. The molecular weight excluding hydrogens is 174 g/mol. The van der Waals surface area contributed by atoms with Gasteiger partial charge in [-0.1, -0.05) is 39.5 Å². The third kappa shape index (κ3) is 6.39. The van der Waals surface area contributed by atoms with Gasteiger partial charge in [-0.25, -0.2) is 0 Å². The van der Waals surface area contributed by atoms with Crippen molar-refractivity contribution in [2.45, 2.75) is 64.9 Å². The number of nitrogens with two attached hydrogens (primary N) is 1. The molecule has 2 nitrogen and oxygen atoms in total. The highest BCUT2D eigenvalue weighted by Gasteiger charge is 2.19. The van der Waals surface area contributed by atoms with Gasteiger partial charge in [-0.15, -0.1) is 0 Å². The number of unbranched alkanes of at least 4 members (excludes halogenated alkanes) is 4. The first-order chi connectivity index (χ1) is 6.68. The minimum absolute atomic E-state index is 0.0925. The van der Waals surface area contributed by atoms with Crippen LogP contribution in [-0.2, 0) is 4.74 Å². The summed E-state index contributed by atoms with van der Waals surface area (Å²) in [6, 6.07) is 0. The van der Waals surface area contributed by atoms with Gasteiger partial charge < -0.3 is 10.5 Å². The van der Waals surface area contributed by atoms with Crippen LogP contribution >= 0.6 is 0 Å². The summed E-state index contributed by atoms with van der Waals surface area (Å²) in [5, 5.41) is 0. The quantitative estimate of drug-likeness (QED) is 0.582. The highest BCUT2D eigenvalue weighted by atomic mass is 16.5. The minimum atomic E-state index is -0.0925. The smallest absolute Gasteiger partial charge is 0.0773 e. The van der Waals surface area contributed by atoms with E-state index in [1.165, 1.54) is 32.1 Å². The number of ether oxygens (including phenoxy) is 1. The van der Waals surface area contributed by atoms with E-state index >= 15 is 0 Å². The maximum Gasteiger partial charge on any atom is 0.0773 e. The van der Waals surface area contributed by atoms with E-state index in [1.54, 1.807) is 0 Å². The second-order valence-electron chi connectivity index (χ2n) is 4.27. The van der Waals surface area contributed by atoms with Crippen molar-refractivity contribution in [1.82, 2.24) is 0 Å². The fourth-order valence-electron chi connectivity index (χ4n) is 1.33. The summed E-state index contributed by atoms with van der Waals surface area (Å²) in [5.74, 6) is 0. The Morgan fingerprint density at radius 1 is 1.07 bits per heavy atom. The molecule has 0 aliphatic carbocycles. The molecule has 0 aliphatic heterocycles. The SMILES string of the molecule is CCCCCCCOC(C)(CC)CN. The molecular formula is C12H27NO. The van der Waals surface area contributed by atoms with Crippen LogP contribution in [0.2, 0.25) is 0 Å². The van der Waals surface area contributed by atoms with E-state index in [-0.39, 0.29) is 5.60 Å². The van der Waals surface area contributed by atoms with E-state index in [0.717, 1.165) is 13.0 Å². The maximum atomic E-state index is 5.78. The standard InChI is InChI=1S/C12H27NO/c1-4-6-7-8-9-10-14-12(3,5-2)11-13/h4-11,13H2,1-3H3. The summed E-state index contributed by atoms with van der Waals surface area (Å²) < 4.78 is 5.78. The first-order valence-corrected chi connectivity index (χ1v) is 6.02. The molecule has 1 atom stereocenters. The Bertz CT molecular complexity index is 121. The summed E-state index contributed by atoms with van der Waals surface area (Å²) in [6.45, 7) is 7.95.